The molecule has 0 amide bonds. The Morgan fingerprint density at radius 1 is 1.15 bits per heavy atom. The van der Waals surface area contributed by atoms with E-state index in [4.69, 9.17) is 0 Å². The second kappa shape index (κ2) is 4.88. The second-order valence-corrected chi connectivity index (χ2v) is 5.03. The Hall–Kier alpha value is -2.50. The summed E-state index contributed by atoms with van der Waals surface area (Å²) in [5, 5.41) is 14.9. The molecule has 3 rings (SSSR count). The first-order valence-corrected chi connectivity index (χ1v) is 6.53. The Balaban J connectivity index is 2.03. The Kier molecular flexibility index (Phi) is 3.06. The van der Waals surface area contributed by atoms with Crippen molar-refractivity contribution in [1.82, 2.24) is 25.6 Å². The number of hydrogen-bond donors (Lipinski definition) is 1. The zero-order valence-corrected chi connectivity index (χ0v) is 11.7. The van der Waals surface area contributed by atoms with Gasteiger partial charge in [0.1, 0.15) is 5.82 Å². The number of benzene rings is 1. The number of aromatic nitrogens is 5. The molecule has 0 aliphatic heterocycles. The number of H-pyrrole nitrogens is 1. The number of fused-ring (bicyclic) bond motifs is 1. The first-order valence-electron chi connectivity index (χ1n) is 6.53. The molecule has 0 fully saturated rings. The van der Waals surface area contributed by atoms with Gasteiger partial charge in [-0.25, -0.2) is 10.1 Å². The van der Waals surface area contributed by atoms with Crippen LogP contribution in [0.25, 0.3) is 22.3 Å². The zero-order chi connectivity index (χ0) is 14.1. The van der Waals surface area contributed by atoms with Crippen molar-refractivity contribution in [1.29, 1.82) is 0 Å². The molecule has 2 aromatic heterocycles. The Bertz CT molecular complexity index is 720. The summed E-state index contributed by atoms with van der Waals surface area (Å²) in [6.45, 7) is 4.29. The van der Waals surface area contributed by atoms with Crippen molar-refractivity contribution < 1.29 is 0 Å². The third-order valence-corrected chi connectivity index (χ3v) is 3.43. The van der Waals surface area contributed by atoms with Gasteiger partial charge in [0, 0.05) is 24.0 Å². The Morgan fingerprint density at radius 2 is 2.00 bits per heavy atom. The van der Waals surface area contributed by atoms with E-state index in [0.717, 1.165) is 22.3 Å². The van der Waals surface area contributed by atoms with Gasteiger partial charge in [-0.2, -0.15) is 0 Å². The average molecular weight is 268 g/mol. The van der Waals surface area contributed by atoms with Crippen LogP contribution in [0.4, 0.5) is 5.82 Å². The lowest BCUT2D eigenvalue weighted by molar-refractivity contribution is 0.745. The van der Waals surface area contributed by atoms with Crippen molar-refractivity contribution in [2.45, 2.75) is 19.9 Å². The number of nitrogens with zero attached hydrogens (tertiary/aromatic N) is 5. The molecule has 3 aromatic rings. The van der Waals surface area contributed by atoms with Crippen LogP contribution in [0.3, 0.4) is 0 Å². The van der Waals surface area contributed by atoms with Gasteiger partial charge in [-0.1, -0.05) is 0 Å². The molecule has 20 heavy (non-hydrogen) atoms. The molecule has 0 saturated carbocycles. The summed E-state index contributed by atoms with van der Waals surface area (Å²) < 4.78 is 0. The van der Waals surface area contributed by atoms with Crippen LogP contribution in [0.5, 0.6) is 0 Å². The fourth-order valence-electron chi connectivity index (χ4n) is 2.00. The summed E-state index contributed by atoms with van der Waals surface area (Å²) >= 11 is 0. The highest BCUT2D eigenvalue weighted by Gasteiger charge is 2.08. The number of pyridine rings is 1. The molecule has 0 unspecified atom stereocenters. The third-order valence-electron chi connectivity index (χ3n) is 3.43. The highest BCUT2D eigenvalue weighted by molar-refractivity contribution is 5.84. The fourth-order valence-corrected chi connectivity index (χ4v) is 2.00. The van der Waals surface area contributed by atoms with Crippen molar-refractivity contribution in [3.63, 3.8) is 0 Å². The van der Waals surface area contributed by atoms with Crippen LogP contribution in [0.1, 0.15) is 13.8 Å². The quantitative estimate of drug-likeness (QED) is 0.789. The van der Waals surface area contributed by atoms with Gasteiger partial charge >= 0.3 is 0 Å². The highest BCUT2D eigenvalue weighted by Crippen LogP contribution is 2.23. The monoisotopic (exact) mass is 268 g/mol. The number of rotatable bonds is 3. The van der Waals surface area contributed by atoms with Crippen LogP contribution in [0.2, 0.25) is 0 Å². The van der Waals surface area contributed by atoms with Crippen LogP contribution < -0.4 is 4.90 Å². The van der Waals surface area contributed by atoms with Gasteiger partial charge in [-0.3, -0.25) is 0 Å². The van der Waals surface area contributed by atoms with Crippen LogP contribution in [0, 0.1) is 0 Å². The number of nitrogens with one attached hydrogen (secondary N) is 1. The van der Waals surface area contributed by atoms with Crippen LogP contribution in [0.15, 0.2) is 30.3 Å². The average Bonchev–Trinajstić information content (AvgIpc) is 2.99. The van der Waals surface area contributed by atoms with Crippen LogP contribution in [-0.4, -0.2) is 38.7 Å². The molecule has 0 aliphatic rings. The van der Waals surface area contributed by atoms with E-state index in [1.807, 2.05) is 31.3 Å². The number of hydrogen-bond acceptors (Lipinski definition) is 5. The molecule has 1 N–H and O–H groups in total. The molecule has 0 spiro atoms. The molecule has 0 bridgehead atoms. The second-order valence-electron chi connectivity index (χ2n) is 5.03. The van der Waals surface area contributed by atoms with E-state index in [9.17, 15) is 0 Å². The first kappa shape index (κ1) is 12.5. The lowest BCUT2D eigenvalue weighted by atomic mass is 10.1. The van der Waals surface area contributed by atoms with Crippen molar-refractivity contribution in [2.75, 3.05) is 11.9 Å². The normalized spacial score (nSPS) is 11.2. The highest BCUT2D eigenvalue weighted by atomic mass is 15.5. The molecule has 2 heterocycles. The Morgan fingerprint density at radius 3 is 2.70 bits per heavy atom. The predicted molar refractivity (Wildman–Crippen MR) is 78.5 cm³/mol. The van der Waals surface area contributed by atoms with E-state index in [2.05, 4.69) is 50.4 Å². The van der Waals surface area contributed by atoms with Crippen molar-refractivity contribution >= 4 is 16.7 Å². The van der Waals surface area contributed by atoms with Gasteiger partial charge in [0.15, 0.2) is 5.82 Å². The minimum absolute atomic E-state index is 0.416. The van der Waals surface area contributed by atoms with Gasteiger partial charge in [-0.15, -0.1) is 5.10 Å². The smallest absolute Gasteiger partial charge is 0.179 e. The molecular formula is C14H16N6. The standard InChI is InChI=1S/C14H16N6/c1-9(2)20(3)13-7-5-10-8-11(4-6-12(10)15-13)14-16-18-19-17-14/h4-9H,1-3H3,(H,16,17,18,19). The van der Waals surface area contributed by atoms with E-state index < -0.39 is 0 Å². The minimum Gasteiger partial charge on any atom is -0.357 e. The van der Waals surface area contributed by atoms with Gasteiger partial charge in [-0.05, 0) is 54.6 Å². The van der Waals surface area contributed by atoms with Gasteiger partial charge < -0.3 is 4.90 Å². The van der Waals surface area contributed by atoms with Crippen LogP contribution >= 0.6 is 0 Å². The maximum atomic E-state index is 4.68. The van der Waals surface area contributed by atoms with E-state index in [0.29, 0.717) is 11.9 Å². The van der Waals surface area contributed by atoms with Crippen molar-refractivity contribution in [3.05, 3.63) is 30.3 Å². The molecule has 102 valence electrons. The van der Waals surface area contributed by atoms with Crippen LogP contribution in [-0.2, 0) is 0 Å². The summed E-state index contributed by atoms with van der Waals surface area (Å²) in [5.41, 5.74) is 1.92. The molecule has 0 aliphatic carbocycles. The van der Waals surface area contributed by atoms with Gasteiger partial charge in [0.2, 0.25) is 0 Å². The largest absolute Gasteiger partial charge is 0.357 e. The van der Waals surface area contributed by atoms with E-state index in [1.54, 1.807) is 0 Å². The van der Waals surface area contributed by atoms with E-state index in [1.165, 1.54) is 0 Å². The van der Waals surface area contributed by atoms with Crippen molar-refractivity contribution in [2.24, 2.45) is 0 Å². The summed E-state index contributed by atoms with van der Waals surface area (Å²) in [6.07, 6.45) is 0. The Labute approximate surface area is 116 Å². The van der Waals surface area contributed by atoms with Gasteiger partial charge in [0.05, 0.1) is 5.52 Å². The fraction of sp³-hybridized carbons (Fsp3) is 0.286. The number of tetrazole rings is 1. The molecule has 6 heteroatoms. The number of anilines is 1. The first-order chi connectivity index (χ1) is 9.65. The van der Waals surface area contributed by atoms with Gasteiger partial charge in [0.25, 0.3) is 0 Å². The van der Waals surface area contributed by atoms with E-state index in [-0.39, 0.29) is 0 Å². The molecular weight excluding hydrogens is 252 g/mol. The summed E-state index contributed by atoms with van der Waals surface area (Å²) in [5.74, 6) is 1.64. The van der Waals surface area contributed by atoms with Crippen molar-refractivity contribution in [3.8, 4) is 11.4 Å². The molecule has 6 nitrogen and oxygen atoms in total. The number of aromatic amines is 1. The molecule has 0 atom stereocenters. The van der Waals surface area contributed by atoms with E-state index >= 15 is 0 Å². The SMILES string of the molecule is CC(C)N(C)c1ccc2cc(-c3nnn[nH]3)ccc2n1. The lowest BCUT2D eigenvalue weighted by Crippen LogP contribution is -2.26. The maximum Gasteiger partial charge on any atom is 0.179 e. The third kappa shape index (κ3) is 2.20. The zero-order valence-electron chi connectivity index (χ0n) is 11.7. The summed E-state index contributed by atoms with van der Waals surface area (Å²) in [4.78, 5) is 6.83. The minimum atomic E-state index is 0.416. The lowest BCUT2D eigenvalue weighted by Gasteiger charge is -2.22. The molecule has 0 radical (unpaired) electrons. The summed E-state index contributed by atoms with van der Waals surface area (Å²) in [7, 11) is 2.05. The molecule has 1 aromatic carbocycles. The summed E-state index contributed by atoms with van der Waals surface area (Å²) in [6, 6.07) is 10.5. The topological polar surface area (TPSA) is 70.6 Å². The molecule has 0 saturated heterocycles. The predicted octanol–water partition coefficient (Wildman–Crippen LogP) is 2.26. The maximum absolute atomic E-state index is 4.68.